The van der Waals surface area contributed by atoms with Crippen molar-refractivity contribution in [1.29, 1.82) is 0 Å². The average molecular weight is 207 g/mol. The summed E-state index contributed by atoms with van der Waals surface area (Å²) in [6.45, 7) is 4.10. The van der Waals surface area contributed by atoms with Gasteiger partial charge in [0, 0.05) is 11.6 Å². The van der Waals surface area contributed by atoms with Crippen LogP contribution in [0.1, 0.15) is 25.3 Å². The van der Waals surface area contributed by atoms with Gasteiger partial charge in [-0.3, -0.25) is 0 Å². The summed E-state index contributed by atoms with van der Waals surface area (Å²) in [5.41, 5.74) is 1.74. The zero-order valence-electron chi connectivity index (χ0n) is 9.10. The van der Waals surface area contributed by atoms with Gasteiger partial charge in [0.2, 0.25) is 0 Å². The Hall–Kier alpha value is -1.51. The van der Waals surface area contributed by atoms with Crippen LogP contribution in [-0.4, -0.2) is 12.1 Å². The first kappa shape index (κ1) is 10.0. The van der Waals surface area contributed by atoms with E-state index in [4.69, 9.17) is 4.74 Å². The van der Waals surface area contributed by atoms with Crippen LogP contribution in [0.15, 0.2) is 18.3 Å². The maximum Gasteiger partial charge on any atom is 0.178 e. The molecular formula is C12H14FNO. The van der Waals surface area contributed by atoms with Crippen molar-refractivity contribution in [3.05, 3.63) is 29.7 Å². The highest BCUT2D eigenvalue weighted by molar-refractivity contribution is 5.89. The average Bonchev–Trinajstić information content (AvgIpc) is 2.64. The second kappa shape index (κ2) is 3.57. The molecule has 2 aromatic rings. The van der Waals surface area contributed by atoms with Gasteiger partial charge in [-0.2, -0.15) is 0 Å². The summed E-state index contributed by atoms with van der Waals surface area (Å²) in [6.07, 6.45) is 1.80. The lowest BCUT2D eigenvalue weighted by Gasteiger charge is -2.11. The second-order valence-corrected chi connectivity index (χ2v) is 3.90. The number of fused-ring (bicyclic) bond motifs is 1. The molecule has 0 fully saturated rings. The fourth-order valence-electron chi connectivity index (χ4n) is 1.87. The van der Waals surface area contributed by atoms with Crippen molar-refractivity contribution in [2.24, 2.45) is 0 Å². The second-order valence-electron chi connectivity index (χ2n) is 3.90. The normalized spacial score (nSPS) is 11.3. The Bertz CT molecular complexity index is 488. The number of hydrogen-bond donors (Lipinski definition) is 1. The summed E-state index contributed by atoms with van der Waals surface area (Å²) in [4.78, 5) is 3.01. The molecule has 0 aliphatic rings. The Morgan fingerprint density at radius 2 is 2.13 bits per heavy atom. The minimum Gasteiger partial charge on any atom is -0.492 e. The van der Waals surface area contributed by atoms with Gasteiger partial charge in [-0.05, 0) is 23.6 Å². The van der Waals surface area contributed by atoms with E-state index >= 15 is 0 Å². The lowest BCUT2D eigenvalue weighted by Crippen LogP contribution is -1.95. The Labute approximate surface area is 88.1 Å². The quantitative estimate of drug-likeness (QED) is 0.801. The monoisotopic (exact) mass is 207 g/mol. The minimum absolute atomic E-state index is 0.291. The van der Waals surface area contributed by atoms with Crippen molar-refractivity contribution >= 4 is 10.9 Å². The number of methoxy groups -OCH3 is 1. The zero-order chi connectivity index (χ0) is 11.0. The molecule has 0 spiro atoms. The lowest BCUT2D eigenvalue weighted by molar-refractivity contribution is 0.390. The number of ether oxygens (including phenoxy) is 1. The van der Waals surface area contributed by atoms with Crippen LogP contribution in [0.2, 0.25) is 0 Å². The molecule has 2 rings (SSSR count). The number of rotatable bonds is 2. The van der Waals surface area contributed by atoms with Gasteiger partial charge >= 0.3 is 0 Å². The van der Waals surface area contributed by atoms with Crippen LogP contribution >= 0.6 is 0 Å². The maximum atomic E-state index is 13.7. The standard InChI is InChI=1S/C12H14FNO/c1-7(2)9-6-10(13)12(15-3)11-8(9)4-5-14-11/h4-7,14H,1-3H3. The van der Waals surface area contributed by atoms with E-state index in [2.05, 4.69) is 4.98 Å². The molecule has 3 heteroatoms. The molecule has 80 valence electrons. The van der Waals surface area contributed by atoms with Crippen LogP contribution in [0.3, 0.4) is 0 Å². The largest absolute Gasteiger partial charge is 0.492 e. The van der Waals surface area contributed by atoms with E-state index in [0.29, 0.717) is 11.7 Å². The van der Waals surface area contributed by atoms with Crippen molar-refractivity contribution in [2.45, 2.75) is 19.8 Å². The summed E-state index contributed by atoms with van der Waals surface area (Å²) < 4.78 is 18.7. The van der Waals surface area contributed by atoms with Crippen molar-refractivity contribution in [1.82, 2.24) is 4.98 Å². The predicted molar refractivity (Wildman–Crippen MR) is 58.9 cm³/mol. The van der Waals surface area contributed by atoms with Gasteiger partial charge < -0.3 is 9.72 Å². The number of halogens is 1. The Balaban J connectivity index is 2.80. The van der Waals surface area contributed by atoms with Gasteiger partial charge in [0.25, 0.3) is 0 Å². The summed E-state index contributed by atoms with van der Waals surface area (Å²) in [6, 6.07) is 3.51. The van der Waals surface area contributed by atoms with Crippen molar-refractivity contribution in [2.75, 3.05) is 7.11 Å². The number of nitrogens with one attached hydrogen (secondary N) is 1. The van der Waals surface area contributed by atoms with Gasteiger partial charge in [-0.25, -0.2) is 4.39 Å². The van der Waals surface area contributed by atoms with Crippen LogP contribution in [0.25, 0.3) is 10.9 Å². The van der Waals surface area contributed by atoms with E-state index in [-0.39, 0.29) is 5.82 Å². The lowest BCUT2D eigenvalue weighted by atomic mass is 9.99. The van der Waals surface area contributed by atoms with E-state index in [0.717, 1.165) is 16.5 Å². The van der Waals surface area contributed by atoms with Crippen molar-refractivity contribution in [3.63, 3.8) is 0 Å². The molecule has 0 saturated heterocycles. The first-order valence-corrected chi connectivity index (χ1v) is 4.98. The third-order valence-electron chi connectivity index (χ3n) is 2.61. The summed E-state index contributed by atoms with van der Waals surface area (Å²) >= 11 is 0. The number of aromatic nitrogens is 1. The van der Waals surface area contributed by atoms with Gasteiger partial charge in [0.1, 0.15) is 0 Å². The molecule has 15 heavy (non-hydrogen) atoms. The molecule has 0 bridgehead atoms. The summed E-state index contributed by atoms with van der Waals surface area (Å²) in [7, 11) is 1.48. The molecule has 0 unspecified atom stereocenters. The molecule has 0 aliphatic heterocycles. The van der Waals surface area contributed by atoms with Gasteiger partial charge in [-0.15, -0.1) is 0 Å². The third kappa shape index (κ3) is 1.48. The molecule has 0 amide bonds. The van der Waals surface area contributed by atoms with E-state index < -0.39 is 0 Å². The van der Waals surface area contributed by atoms with Gasteiger partial charge in [0.15, 0.2) is 11.6 Å². The Morgan fingerprint density at radius 3 is 2.73 bits per heavy atom. The minimum atomic E-state index is -0.309. The third-order valence-corrected chi connectivity index (χ3v) is 2.61. The molecule has 1 heterocycles. The van der Waals surface area contributed by atoms with Crippen molar-refractivity contribution in [3.8, 4) is 5.75 Å². The number of aromatic amines is 1. The SMILES string of the molecule is COc1c(F)cc(C(C)C)c2cc[nH]c12. The van der Waals surface area contributed by atoms with Crippen LogP contribution in [-0.2, 0) is 0 Å². The molecule has 0 saturated carbocycles. The molecule has 2 nitrogen and oxygen atoms in total. The van der Waals surface area contributed by atoms with Crippen LogP contribution in [0, 0.1) is 5.82 Å². The molecule has 1 aromatic heterocycles. The first-order chi connectivity index (χ1) is 7.15. The Kier molecular flexibility index (Phi) is 2.39. The zero-order valence-corrected chi connectivity index (χ0v) is 9.10. The molecule has 1 N–H and O–H groups in total. The fourth-order valence-corrected chi connectivity index (χ4v) is 1.87. The summed E-state index contributed by atoms with van der Waals surface area (Å²) in [5, 5.41) is 1.03. The highest BCUT2D eigenvalue weighted by atomic mass is 19.1. The van der Waals surface area contributed by atoms with E-state index in [1.54, 1.807) is 12.3 Å². The van der Waals surface area contributed by atoms with Gasteiger partial charge in [0.05, 0.1) is 12.6 Å². The maximum absolute atomic E-state index is 13.7. The smallest absolute Gasteiger partial charge is 0.178 e. The first-order valence-electron chi connectivity index (χ1n) is 4.98. The molecule has 0 radical (unpaired) electrons. The van der Waals surface area contributed by atoms with Gasteiger partial charge in [-0.1, -0.05) is 13.8 Å². The topological polar surface area (TPSA) is 25.0 Å². The molecule has 1 aromatic carbocycles. The number of benzene rings is 1. The molecular weight excluding hydrogens is 193 g/mol. The molecule has 0 atom stereocenters. The van der Waals surface area contributed by atoms with Crippen LogP contribution in [0.5, 0.6) is 5.75 Å². The van der Waals surface area contributed by atoms with E-state index in [1.165, 1.54) is 7.11 Å². The fraction of sp³-hybridized carbons (Fsp3) is 0.333. The van der Waals surface area contributed by atoms with E-state index in [1.807, 2.05) is 19.9 Å². The predicted octanol–water partition coefficient (Wildman–Crippen LogP) is 3.44. The van der Waals surface area contributed by atoms with E-state index in [9.17, 15) is 4.39 Å². The molecule has 0 aliphatic carbocycles. The summed E-state index contributed by atoms with van der Waals surface area (Å²) in [5.74, 6) is 0.277. The number of hydrogen-bond acceptors (Lipinski definition) is 1. The van der Waals surface area contributed by atoms with Crippen molar-refractivity contribution < 1.29 is 9.13 Å². The highest BCUT2D eigenvalue weighted by Crippen LogP contribution is 2.33. The number of H-pyrrole nitrogens is 1. The highest BCUT2D eigenvalue weighted by Gasteiger charge is 2.15. The van der Waals surface area contributed by atoms with Crippen LogP contribution in [0.4, 0.5) is 4.39 Å². The Morgan fingerprint density at radius 1 is 1.40 bits per heavy atom. The van der Waals surface area contributed by atoms with Crippen LogP contribution < -0.4 is 4.74 Å².